The maximum Gasteiger partial charge on any atom is 0.130 e. The van der Waals surface area contributed by atoms with Crippen molar-refractivity contribution in [2.75, 3.05) is 11.5 Å². The van der Waals surface area contributed by atoms with Crippen LogP contribution in [0.3, 0.4) is 0 Å². The fourth-order valence-electron chi connectivity index (χ4n) is 7.05. The summed E-state index contributed by atoms with van der Waals surface area (Å²) in [5.74, 6) is 1.02. The van der Waals surface area contributed by atoms with Gasteiger partial charge in [0.15, 0.2) is 0 Å². The highest BCUT2D eigenvalue weighted by atomic mass is 32.1. The third-order valence-electron chi connectivity index (χ3n) is 9.66. The molecular formula is C46H31N3OS2. The number of aromatic nitrogens is 2. The molecule has 7 aromatic carbocycles. The number of anilines is 3. The van der Waals surface area contributed by atoms with Crippen LogP contribution >= 0.6 is 22.7 Å². The zero-order chi connectivity index (χ0) is 34.4. The first-order chi connectivity index (χ1) is 25.7. The van der Waals surface area contributed by atoms with Gasteiger partial charge in [-0.3, -0.25) is 0 Å². The minimum absolute atomic E-state index is 0.724. The van der Waals surface area contributed by atoms with Gasteiger partial charge in [-0.05, 0) is 119 Å². The van der Waals surface area contributed by atoms with E-state index in [2.05, 4.69) is 157 Å². The molecule has 0 saturated carbocycles. The molecule has 0 spiro atoms. The van der Waals surface area contributed by atoms with Crippen molar-refractivity contribution in [1.29, 1.82) is 0 Å². The second kappa shape index (κ2) is 12.9. The van der Waals surface area contributed by atoms with Crippen LogP contribution in [0.5, 0.6) is 5.75 Å². The number of rotatable bonds is 7. The number of hydrogen-bond acceptors (Lipinski definition) is 6. The number of benzene rings is 7. The quantitative estimate of drug-likeness (QED) is 0.165. The molecule has 0 bridgehead atoms. The third kappa shape index (κ3) is 5.63. The summed E-state index contributed by atoms with van der Waals surface area (Å²) >= 11 is 3.45. The summed E-state index contributed by atoms with van der Waals surface area (Å²) in [5, 5.41) is 2.05. The highest BCUT2D eigenvalue weighted by molar-refractivity contribution is 7.22. The van der Waals surface area contributed by atoms with Crippen LogP contribution in [0.25, 0.3) is 63.8 Å². The van der Waals surface area contributed by atoms with Crippen molar-refractivity contribution in [3.63, 3.8) is 0 Å². The molecule has 0 fully saturated rings. The molecule has 0 atom stereocenters. The first-order valence-electron chi connectivity index (χ1n) is 17.4. The molecular weight excluding hydrogens is 675 g/mol. The normalized spacial score (nSPS) is 12.2. The summed E-state index contributed by atoms with van der Waals surface area (Å²) in [6.45, 7) is 0.724. The van der Waals surface area contributed by atoms with E-state index in [1.54, 1.807) is 22.7 Å². The number of ether oxygens (including phenoxy) is 1. The smallest absolute Gasteiger partial charge is 0.130 e. The molecule has 248 valence electrons. The van der Waals surface area contributed by atoms with E-state index in [-0.39, 0.29) is 0 Å². The first kappa shape index (κ1) is 30.7. The largest absolute Gasteiger partial charge is 0.492 e. The third-order valence-corrected chi connectivity index (χ3v) is 11.8. The molecule has 0 radical (unpaired) electrons. The summed E-state index contributed by atoms with van der Waals surface area (Å²) < 4.78 is 8.51. The van der Waals surface area contributed by atoms with E-state index in [0.717, 1.165) is 73.6 Å². The second-order valence-corrected chi connectivity index (χ2v) is 15.0. The molecule has 0 aliphatic carbocycles. The second-order valence-electron chi connectivity index (χ2n) is 12.9. The lowest BCUT2D eigenvalue weighted by Gasteiger charge is -2.26. The molecule has 1 aliphatic rings. The summed E-state index contributed by atoms with van der Waals surface area (Å²) in [4.78, 5) is 12.1. The van der Waals surface area contributed by atoms with Crippen LogP contribution in [-0.2, 0) is 6.42 Å². The van der Waals surface area contributed by atoms with Crippen molar-refractivity contribution in [2.24, 2.45) is 0 Å². The molecule has 1 aliphatic heterocycles. The zero-order valence-electron chi connectivity index (χ0n) is 28.1. The lowest BCUT2D eigenvalue weighted by molar-refractivity contribution is 0.358. The number of thiazole rings is 2. The predicted octanol–water partition coefficient (Wildman–Crippen LogP) is 13.0. The molecule has 10 rings (SSSR count). The van der Waals surface area contributed by atoms with Crippen molar-refractivity contribution >= 4 is 60.2 Å². The summed E-state index contributed by atoms with van der Waals surface area (Å²) in [6.07, 6.45) is 0.925. The lowest BCUT2D eigenvalue weighted by Crippen LogP contribution is -2.09. The predicted molar refractivity (Wildman–Crippen MR) is 218 cm³/mol. The van der Waals surface area contributed by atoms with Gasteiger partial charge in [0.05, 0.1) is 27.0 Å². The molecule has 6 heteroatoms. The van der Waals surface area contributed by atoms with Gasteiger partial charge in [0, 0.05) is 40.2 Å². The van der Waals surface area contributed by atoms with Gasteiger partial charge in [0.1, 0.15) is 15.8 Å². The van der Waals surface area contributed by atoms with Crippen molar-refractivity contribution < 1.29 is 4.74 Å². The first-order valence-corrected chi connectivity index (χ1v) is 19.0. The lowest BCUT2D eigenvalue weighted by atomic mass is 9.94. The maximum absolute atomic E-state index is 6.11. The van der Waals surface area contributed by atoms with E-state index in [9.17, 15) is 0 Å². The van der Waals surface area contributed by atoms with Crippen LogP contribution in [0.1, 0.15) is 5.56 Å². The Morgan fingerprint density at radius 2 is 0.962 bits per heavy atom. The summed E-state index contributed by atoms with van der Waals surface area (Å²) in [6, 6.07) is 58.2. The van der Waals surface area contributed by atoms with E-state index in [4.69, 9.17) is 14.7 Å². The molecule has 52 heavy (non-hydrogen) atoms. The molecule has 0 unspecified atom stereocenters. The molecule has 0 amide bonds. The van der Waals surface area contributed by atoms with Crippen LogP contribution < -0.4 is 9.64 Å². The van der Waals surface area contributed by atoms with Gasteiger partial charge in [0.2, 0.25) is 0 Å². The topological polar surface area (TPSA) is 38.2 Å². The fourth-order valence-corrected chi connectivity index (χ4v) is 9.00. The number of para-hydroxylation sites is 2. The Morgan fingerprint density at radius 1 is 0.462 bits per heavy atom. The van der Waals surface area contributed by atoms with E-state index in [1.807, 2.05) is 12.1 Å². The minimum Gasteiger partial charge on any atom is -0.492 e. The van der Waals surface area contributed by atoms with E-state index < -0.39 is 0 Å². The average molecular weight is 706 g/mol. The van der Waals surface area contributed by atoms with E-state index >= 15 is 0 Å². The van der Waals surface area contributed by atoms with Gasteiger partial charge in [-0.1, -0.05) is 66.7 Å². The van der Waals surface area contributed by atoms with Crippen molar-refractivity contribution in [3.05, 3.63) is 169 Å². The number of fused-ring (bicyclic) bond motifs is 3. The van der Waals surface area contributed by atoms with Crippen molar-refractivity contribution in [3.8, 4) is 49.1 Å². The Hall–Kier alpha value is -6.08. The Bertz CT molecular complexity index is 2510. The summed E-state index contributed by atoms with van der Waals surface area (Å²) in [5.41, 5.74) is 13.5. The van der Waals surface area contributed by atoms with E-state index in [1.165, 1.54) is 31.7 Å². The summed E-state index contributed by atoms with van der Waals surface area (Å²) in [7, 11) is 0. The SMILES string of the molecule is c1ccc(-c2cc(-c3ccc(N(c4ccc(-c5nc6ccccc6s5)cc4)c4ccc(-c5nc6ccccc6s5)cc4)cc3)cc3c2OCC3)cc1. The maximum atomic E-state index is 6.11. The van der Waals surface area contributed by atoms with Gasteiger partial charge in [0.25, 0.3) is 0 Å². The zero-order valence-corrected chi connectivity index (χ0v) is 29.7. The van der Waals surface area contributed by atoms with Crippen LogP contribution in [0.4, 0.5) is 17.1 Å². The monoisotopic (exact) mass is 705 g/mol. The molecule has 3 heterocycles. The Morgan fingerprint density at radius 3 is 1.50 bits per heavy atom. The molecule has 9 aromatic rings. The van der Waals surface area contributed by atoms with Gasteiger partial charge in [-0.25, -0.2) is 9.97 Å². The highest BCUT2D eigenvalue weighted by Crippen LogP contribution is 2.43. The van der Waals surface area contributed by atoms with Gasteiger partial charge in [-0.15, -0.1) is 22.7 Å². The Kier molecular flexibility index (Phi) is 7.63. The highest BCUT2D eigenvalue weighted by Gasteiger charge is 2.20. The Balaban J connectivity index is 1.03. The van der Waals surface area contributed by atoms with Crippen LogP contribution in [0.2, 0.25) is 0 Å². The van der Waals surface area contributed by atoms with Gasteiger partial charge in [-0.2, -0.15) is 0 Å². The van der Waals surface area contributed by atoms with E-state index in [0.29, 0.717) is 0 Å². The fraction of sp³-hybridized carbons (Fsp3) is 0.0435. The molecule has 0 N–H and O–H groups in total. The van der Waals surface area contributed by atoms with Gasteiger partial charge >= 0.3 is 0 Å². The van der Waals surface area contributed by atoms with Crippen molar-refractivity contribution in [1.82, 2.24) is 9.97 Å². The molecule has 4 nitrogen and oxygen atoms in total. The number of hydrogen-bond donors (Lipinski definition) is 0. The average Bonchev–Trinajstić information content (AvgIpc) is 3.98. The minimum atomic E-state index is 0.724. The standard InChI is InChI=1S/C46H31N3OS2/c1-2-8-31(9-3-1)39-29-35(28-34-26-27-50-44(34)39)30-14-20-36(21-15-30)49(37-22-16-32(17-23-37)45-47-40-10-4-6-12-42(40)51-45)38-24-18-33(19-25-38)46-48-41-11-5-7-13-43(41)52-46/h1-25,28-29H,26-27H2. The van der Waals surface area contributed by atoms with Crippen LogP contribution in [0, 0.1) is 0 Å². The van der Waals surface area contributed by atoms with Gasteiger partial charge < -0.3 is 9.64 Å². The Labute approximate surface area is 309 Å². The number of nitrogens with zero attached hydrogens (tertiary/aromatic N) is 3. The van der Waals surface area contributed by atoms with Crippen LogP contribution in [-0.4, -0.2) is 16.6 Å². The molecule has 2 aromatic heterocycles. The van der Waals surface area contributed by atoms with Crippen LogP contribution in [0.15, 0.2) is 164 Å². The molecule has 0 saturated heterocycles. The van der Waals surface area contributed by atoms with Crippen molar-refractivity contribution in [2.45, 2.75) is 6.42 Å².